The molecule has 0 unspecified atom stereocenters. The fraction of sp³-hybridized carbons (Fsp3) is 0.303. The van der Waals surface area contributed by atoms with Crippen LogP contribution in [-0.2, 0) is 38.8 Å². The number of nitrogens with zero attached hydrogens (tertiary/aromatic N) is 2. The topological polar surface area (TPSA) is 123 Å². The van der Waals surface area contributed by atoms with Crippen LogP contribution in [0.4, 0.5) is 0 Å². The van der Waals surface area contributed by atoms with Crippen molar-refractivity contribution >= 4 is 35.1 Å². The van der Waals surface area contributed by atoms with Crippen molar-refractivity contribution in [1.82, 2.24) is 14.9 Å². The third kappa shape index (κ3) is 8.25. The maximum Gasteiger partial charge on any atom is 0.303 e. The molecule has 9 nitrogen and oxygen atoms in total. The quantitative estimate of drug-likeness (QED) is 0.163. The first-order valence-electron chi connectivity index (χ1n) is 14.3. The van der Waals surface area contributed by atoms with Gasteiger partial charge in [0.25, 0.3) is 0 Å². The molecule has 1 aliphatic heterocycles. The standard InChI is InChI=1S/C33H33Cl2N3O6/c34-31-32(35)38(20-37-31)18-27-16-28(24-9-7-21(19-39)8-10-24)44-33(43-27)25-13-11-23(12-14-25)26-4-1-3-22(15-26)17-36-29(40)5-2-6-30(41)42/h1,3-4,7-15,20,27-28,33,39H,2,5-6,16-19H2,(H,36,40)(H,41,42)/t27-,28+,33+/m0/s1. The number of nitrogens with one attached hydrogen (secondary N) is 1. The first-order valence-corrected chi connectivity index (χ1v) is 15.1. The molecule has 0 aliphatic carbocycles. The Bertz CT molecular complexity index is 1580. The van der Waals surface area contributed by atoms with E-state index in [0.29, 0.717) is 31.1 Å². The van der Waals surface area contributed by atoms with Gasteiger partial charge in [0.2, 0.25) is 5.91 Å². The lowest BCUT2D eigenvalue weighted by atomic mass is 9.99. The van der Waals surface area contributed by atoms with Gasteiger partial charge >= 0.3 is 5.97 Å². The van der Waals surface area contributed by atoms with E-state index in [1.54, 1.807) is 10.9 Å². The number of benzene rings is 3. The third-order valence-corrected chi connectivity index (χ3v) is 8.24. The lowest BCUT2D eigenvalue weighted by Crippen LogP contribution is -2.32. The van der Waals surface area contributed by atoms with Crippen LogP contribution in [0.3, 0.4) is 0 Å². The molecule has 11 heteroatoms. The SMILES string of the molecule is O=C(O)CCCC(=O)NCc1cccc(-c2ccc([C@@H]3O[C@H](Cn4cnc(Cl)c4Cl)C[C@H](c4ccc(CO)cc4)O3)cc2)c1. The molecule has 3 atom stereocenters. The minimum Gasteiger partial charge on any atom is -0.481 e. The van der Waals surface area contributed by atoms with Crippen LogP contribution in [-0.4, -0.2) is 37.7 Å². The van der Waals surface area contributed by atoms with Crippen LogP contribution in [0, 0.1) is 0 Å². The number of aliphatic carboxylic acids is 1. The minimum atomic E-state index is -0.906. The van der Waals surface area contributed by atoms with Crippen LogP contribution in [0.25, 0.3) is 11.1 Å². The van der Waals surface area contributed by atoms with Gasteiger partial charge in [0, 0.05) is 31.4 Å². The predicted molar refractivity (Wildman–Crippen MR) is 166 cm³/mol. The zero-order valence-electron chi connectivity index (χ0n) is 23.9. The van der Waals surface area contributed by atoms with Crippen LogP contribution in [0.15, 0.2) is 79.1 Å². The number of aliphatic hydroxyl groups excluding tert-OH is 1. The number of carboxylic acids is 1. The second-order valence-corrected chi connectivity index (χ2v) is 11.4. The summed E-state index contributed by atoms with van der Waals surface area (Å²) in [4.78, 5) is 26.8. The average Bonchev–Trinajstić information content (AvgIpc) is 3.36. The number of amides is 1. The number of aromatic nitrogens is 2. The summed E-state index contributed by atoms with van der Waals surface area (Å²) in [6.45, 7) is 0.777. The molecule has 5 rings (SSSR count). The molecule has 0 spiro atoms. The van der Waals surface area contributed by atoms with E-state index in [0.717, 1.165) is 33.4 Å². The van der Waals surface area contributed by atoms with Crippen molar-refractivity contribution < 1.29 is 29.3 Å². The number of carbonyl (C=O) groups excluding carboxylic acids is 1. The van der Waals surface area contributed by atoms with Crippen molar-refractivity contribution in [2.24, 2.45) is 0 Å². The van der Waals surface area contributed by atoms with Gasteiger partial charge in [-0.3, -0.25) is 9.59 Å². The monoisotopic (exact) mass is 637 g/mol. The molecule has 1 aliphatic rings. The van der Waals surface area contributed by atoms with Crippen molar-refractivity contribution in [2.45, 2.75) is 63.9 Å². The highest BCUT2D eigenvalue weighted by Gasteiger charge is 2.33. The molecule has 1 amide bonds. The predicted octanol–water partition coefficient (Wildman–Crippen LogP) is 6.47. The van der Waals surface area contributed by atoms with Gasteiger partial charge in [0.15, 0.2) is 11.4 Å². The van der Waals surface area contributed by atoms with Gasteiger partial charge in [-0.1, -0.05) is 89.9 Å². The largest absolute Gasteiger partial charge is 0.481 e. The van der Waals surface area contributed by atoms with Crippen LogP contribution in [0.1, 0.15) is 60.3 Å². The van der Waals surface area contributed by atoms with Gasteiger partial charge in [-0.05, 0) is 40.3 Å². The van der Waals surface area contributed by atoms with E-state index in [4.69, 9.17) is 37.8 Å². The summed E-state index contributed by atoms with van der Waals surface area (Å²) in [6, 6.07) is 23.6. The number of carbonyl (C=O) groups is 2. The van der Waals surface area contributed by atoms with Gasteiger partial charge in [-0.15, -0.1) is 0 Å². The number of hydrogen-bond donors (Lipinski definition) is 3. The summed E-state index contributed by atoms with van der Waals surface area (Å²) in [7, 11) is 0. The molecule has 2 heterocycles. The van der Waals surface area contributed by atoms with Gasteiger partial charge in [0.05, 0.1) is 31.7 Å². The van der Waals surface area contributed by atoms with Gasteiger partial charge < -0.3 is 29.6 Å². The molecule has 3 N–H and O–H groups in total. The van der Waals surface area contributed by atoms with E-state index in [-0.39, 0.29) is 42.7 Å². The number of aliphatic hydroxyl groups is 1. The average molecular weight is 639 g/mol. The molecule has 1 saturated heterocycles. The summed E-state index contributed by atoms with van der Waals surface area (Å²) in [6.07, 6.45) is 1.52. The zero-order valence-corrected chi connectivity index (χ0v) is 25.4. The maximum absolute atomic E-state index is 12.1. The second-order valence-electron chi connectivity index (χ2n) is 10.7. The normalized spacial score (nSPS) is 18.2. The van der Waals surface area contributed by atoms with Crippen LogP contribution >= 0.6 is 23.2 Å². The molecular formula is C33H33Cl2N3O6. The first kappa shape index (κ1) is 31.7. The molecule has 3 aromatic carbocycles. The molecular weight excluding hydrogens is 605 g/mol. The van der Waals surface area contributed by atoms with Crippen LogP contribution in [0.5, 0.6) is 0 Å². The molecule has 0 saturated carbocycles. The minimum absolute atomic E-state index is 0.0251. The maximum atomic E-state index is 12.1. The highest BCUT2D eigenvalue weighted by Crippen LogP contribution is 2.39. The van der Waals surface area contributed by atoms with Crippen molar-refractivity contribution in [3.8, 4) is 11.1 Å². The number of halogens is 2. The summed E-state index contributed by atoms with van der Waals surface area (Å²) < 4.78 is 14.6. The molecule has 1 aromatic heterocycles. The first-order chi connectivity index (χ1) is 21.3. The smallest absolute Gasteiger partial charge is 0.303 e. The lowest BCUT2D eigenvalue weighted by Gasteiger charge is -2.36. The number of hydrogen-bond acceptors (Lipinski definition) is 6. The number of rotatable bonds is 12. The third-order valence-electron chi connectivity index (χ3n) is 7.48. The van der Waals surface area contributed by atoms with Gasteiger partial charge in [-0.25, -0.2) is 4.98 Å². The van der Waals surface area contributed by atoms with E-state index >= 15 is 0 Å². The number of ether oxygens (including phenoxy) is 2. The number of imidazole rings is 1. The van der Waals surface area contributed by atoms with Crippen LogP contribution in [0.2, 0.25) is 10.3 Å². The van der Waals surface area contributed by atoms with Crippen molar-refractivity contribution in [1.29, 1.82) is 0 Å². The summed E-state index contributed by atoms with van der Waals surface area (Å²) >= 11 is 12.4. The molecule has 44 heavy (non-hydrogen) atoms. The van der Waals surface area contributed by atoms with E-state index in [1.807, 2.05) is 72.8 Å². The Morgan fingerprint density at radius 1 is 0.932 bits per heavy atom. The molecule has 4 aromatic rings. The Hall–Kier alpha value is -3.73. The van der Waals surface area contributed by atoms with E-state index in [9.17, 15) is 14.7 Å². The van der Waals surface area contributed by atoms with Crippen LogP contribution < -0.4 is 5.32 Å². The van der Waals surface area contributed by atoms with E-state index in [1.165, 1.54) is 0 Å². The van der Waals surface area contributed by atoms with E-state index in [2.05, 4.69) is 10.3 Å². The molecule has 0 bridgehead atoms. The Morgan fingerprint density at radius 3 is 2.36 bits per heavy atom. The summed E-state index contributed by atoms with van der Waals surface area (Å²) in [5.74, 6) is -1.08. The van der Waals surface area contributed by atoms with Crippen molar-refractivity contribution in [3.63, 3.8) is 0 Å². The van der Waals surface area contributed by atoms with Crippen molar-refractivity contribution in [2.75, 3.05) is 0 Å². The molecule has 1 fully saturated rings. The van der Waals surface area contributed by atoms with Gasteiger partial charge in [-0.2, -0.15) is 0 Å². The Balaban J connectivity index is 1.29. The fourth-order valence-corrected chi connectivity index (χ4v) is 5.42. The lowest BCUT2D eigenvalue weighted by molar-refractivity contribution is -0.252. The van der Waals surface area contributed by atoms with E-state index < -0.39 is 12.3 Å². The molecule has 230 valence electrons. The fourth-order valence-electron chi connectivity index (χ4n) is 5.11. The summed E-state index contributed by atoms with van der Waals surface area (Å²) in [5.41, 5.74) is 5.59. The highest BCUT2D eigenvalue weighted by molar-refractivity contribution is 6.40. The zero-order chi connectivity index (χ0) is 31.1. The second kappa shape index (κ2) is 14.8. The molecule has 0 radical (unpaired) electrons. The Labute approximate surface area is 265 Å². The Kier molecular flexibility index (Phi) is 10.7. The number of carboxylic acid groups (broad SMARTS) is 1. The highest BCUT2D eigenvalue weighted by atomic mass is 35.5. The summed E-state index contributed by atoms with van der Waals surface area (Å²) in [5, 5.41) is 21.7. The van der Waals surface area contributed by atoms with Gasteiger partial charge in [0.1, 0.15) is 5.15 Å². The van der Waals surface area contributed by atoms with Crippen molar-refractivity contribution in [3.05, 3.63) is 112 Å². The Morgan fingerprint density at radius 2 is 1.68 bits per heavy atom.